The van der Waals surface area contributed by atoms with Crippen molar-refractivity contribution in [2.45, 2.75) is 25.1 Å². The zero-order chi connectivity index (χ0) is 23.0. The maximum absolute atomic E-state index is 13.1. The molecule has 0 unspecified atom stereocenters. The molecule has 0 radical (unpaired) electrons. The molecule has 3 aromatic rings. The normalized spacial score (nSPS) is 15.6. The second-order valence-corrected chi connectivity index (χ2v) is 8.20. The highest BCUT2D eigenvalue weighted by molar-refractivity contribution is 5.93. The number of aromatic nitrogens is 2. The van der Waals surface area contributed by atoms with Crippen molar-refractivity contribution in [2.75, 3.05) is 19.6 Å². The Morgan fingerprint density at radius 1 is 1.19 bits per heavy atom. The summed E-state index contributed by atoms with van der Waals surface area (Å²) in [7, 11) is 1.62. The minimum absolute atomic E-state index is 0.123. The summed E-state index contributed by atoms with van der Waals surface area (Å²) in [6, 6.07) is 10.9. The van der Waals surface area contributed by atoms with Gasteiger partial charge in [-0.1, -0.05) is 30.3 Å². The van der Waals surface area contributed by atoms with Crippen LogP contribution in [0, 0.1) is 0 Å². The zero-order valence-corrected chi connectivity index (χ0v) is 17.7. The lowest BCUT2D eigenvalue weighted by Crippen LogP contribution is -2.49. The highest BCUT2D eigenvalue weighted by atomic mass is 19.1. The minimum atomic E-state index is -1.10. The van der Waals surface area contributed by atoms with Crippen molar-refractivity contribution in [1.29, 1.82) is 0 Å². The largest absolute Gasteiger partial charge is 0.480 e. The van der Waals surface area contributed by atoms with Gasteiger partial charge in [0.2, 0.25) is 0 Å². The van der Waals surface area contributed by atoms with E-state index in [0.717, 1.165) is 15.5 Å². The number of aliphatic carboxylic acids is 1. The Kier molecular flexibility index (Phi) is 5.94. The molecule has 8 nitrogen and oxygen atoms in total. The number of alkyl halides is 1. The van der Waals surface area contributed by atoms with Crippen molar-refractivity contribution in [3.63, 3.8) is 0 Å². The van der Waals surface area contributed by atoms with Gasteiger partial charge in [0.05, 0.1) is 5.69 Å². The van der Waals surface area contributed by atoms with Crippen molar-refractivity contribution in [1.82, 2.24) is 14.0 Å². The van der Waals surface area contributed by atoms with Crippen molar-refractivity contribution in [3.8, 4) is 5.69 Å². The predicted octanol–water partition coefficient (Wildman–Crippen LogP) is 0.840. The number of carbonyl (C=O) groups is 1. The topological polar surface area (TPSA) is 111 Å². The van der Waals surface area contributed by atoms with Crippen molar-refractivity contribution >= 4 is 16.7 Å². The second-order valence-electron chi connectivity index (χ2n) is 8.20. The number of halogens is 1. The monoisotopic (exact) mass is 440 g/mol. The molecule has 1 aliphatic rings. The quantitative estimate of drug-likeness (QED) is 0.563. The van der Waals surface area contributed by atoms with Crippen molar-refractivity contribution in [3.05, 3.63) is 74.6 Å². The number of nitrogens with zero attached hydrogens (tertiary/aromatic N) is 3. The molecule has 168 valence electrons. The summed E-state index contributed by atoms with van der Waals surface area (Å²) in [6.45, 7) is 1.35. The Balaban J connectivity index is 1.74. The van der Waals surface area contributed by atoms with E-state index in [4.69, 9.17) is 10.8 Å². The molecule has 0 spiro atoms. The van der Waals surface area contributed by atoms with Crippen LogP contribution < -0.4 is 17.0 Å². The Labute approximate surface area is 183 Å². The molecule has 1 aliphatic heterocycles. The van der Waals surface area contributed by atoms with Gasteiger partial charge in [-0.3, -0.25) is 14.5 Å². The fourth-order valence-corrected chi connectivity index (χ4v) is 4.15. The SMILES string of the molecule is Cn1c(CCN2CC(F)C2)cc(=O)n(-c2cccc3c(C[C@H](N)C(=O)O)cccc23)c1=O. The van der Waals surface area contributed by atoms with Gasteiger partial charge in [0.1, 0.15) is 12.2 Å². The molecule has 1 atom stereocenters. The first kappa shape index (κ1) is 21.9. The Bertz CT molecular complexity index is 1290. The van der Waals surface area contributed by atoms with E-state index >= 15 is 0 Å². The maximum atomic E-state index is 13.1. The highest BCUT2D eigenvalue weighted by Gasteiger charge is 2.25. The number of fused-ring (bicyclic) bond motifs is 1. The van der Waals surface area contributed by atoms with Gasteiger partial charge in [0.25, 0.3) is 5.56 Å². The summed E-state index contributed by atoms with van der Waals surface area (Å²) < 4.78 is 15.6. The first-order valence-corrected chi connectivity index (χ1v) is 10.4. The van der Waals surface area contributed by atoms with Crippen molar-refractivity contribution < 1.29 is 14.3 Å². The van der Waals surface area contributed by atoms with E-state index in [2.05, 4.69) is 0 Å². The van der Waals surface area contributed by atoms with Crippen molar-refractivity contribution in [2.24, 2.45) is 12.8 Å². The van der Waals surface area contributed by atoms with Gasteiger partial charge >= 0.3 is 11.7 Å². The number of hydrogen-bond donors (Lipinski definition) is 2. The third kappa shape index (κ3) is 4.09. The Morgan fingerprint density at radius 3 is 2.56 bits per heavy atom. The summed E-state index contributed by atoms with van der Waals surface area (Å²) in [5.41, 5.74) is 6.53. The molecule has 1 fully saturated rings. The molecule has 1 aromatic heterocycles. The molecular formula is C23H25FN4O4. The summed E-state index contributed by atoms with van der Waals surface area (Å²) in [6.07, 6.45) is -0.201. The van der Waals surface area contributed by atoms with Crippen LogP contribution in [0.1, 0.15) is 11.3 Å². The molecule has 4 rings (SSSR count). The molecule has 0 saturated carbocycles. The molecule has 32 heavy (non-hydrogen) atoms. The van der Waals surface area contributed by atoms with E-state index in [1.165, 1.54) is 10.6 Å². The van der Waals surface area contributed by atoms with Crippen LogP contribution in [0.5, 0.6) is 0 Å². The van der Waals surface area contributed by atoms with Crippen LogP contribution in [-0.2, 0) is 24.7 Å². The van der Waals surface area contributed by atoms with E-state index in [1.54, 1.807) is 37.4 Å². The molecule has 9 heteroatoms. The van der Waals surface area contributed by atoms with E-state index in [1.807, 2.05) is 11.0 Å². The fourth-order valence-electron chi connectivity index (χ4n) is 4.15. The van der Waals surface area contributed by atoms with Crippen LogP contribution in [0.3, 0.4) is 0 Å². The first-order chi connectivity index (χ1) is 15.3. The van der Waals surface area contributed by atoms with Crippen LogP contribution in [0.15, 0.2) is 52.1 Å². The summed E-state index contributed by atoms with van der Waals surface area (Å²) >= 11 is 0. The van der Waals surface area contributed by atoms with E-state index in [0.29, 0.717) is 42.8 Å². The molecule has 0 bridgehead atoms. The van der Waals surface area contributed by atoms with Gasteiger partial charge in [-0.05, 0) is 23.4 Å². The second kappa shape index (κ2) is 8.68. The maximum Gasteiger partial charge on any atom is 0.335 e. The van der Waals surface area contributed by atoms with Crippen LogP contribution >= 0.6 is 0 Å². The van der Waals surface area contributed by atoms with Gasteiger partial charge in [0.15, 0.2) is 0 Å². The molecular weight excluding hydrogens is 415 g/mol. The van der Waals surface area contributed by atoms with Crippen LogP contribution in [0.2, 0.25) is 0 Å². The van der Waals surface area contributed by atoms with Gasteiger partial charge in [-0.15, -0.1) is 0 Å². The highest BCUT2D eigenvalue weighted by Crippen LogP contribution is 2.25. The summed E-state index contributed by atoms with van der Waals surface area (Å²) in [4.78, 5) is 39.2. The lowest BCUT2D eigenvalue weighted by molar-refractivity contribution is -0.138. The van der Waals surface area contributed by atoms with Gasteiger partial charge in [0, 0.05) is 50.2 Å². The number of benzene rings is 2. The fraction of sp³-hybridized carbons (Fsp3) is 0.348. The smallest absolute Gasteiger partial charge is 0.335 e. The standard InChI is InChI=1S/C23H25FN4O4/c1-26-16(8-9-27-12-15(24)13-27)11-21(29)28(23(26)32)20-7-3-5-17-14(4-2-6-18(17)20)10-19(25)22(30)31/h2-7,11,15,19H,8-10,12-13,25H2,1H3,(H,30,31)/t19-/m0/s1. The van der Waals surface area contributed by atoms with Gasteiger partial charge in [-0.2, -0.15) is 0 Å². The van der Waals surface area contributed by atoms with E-state index in [-0.39, 0.29) is 6.42 Å². The number of hydrogen-bond acceptors (Lipinski definition) is 5. The average molecular weight is 440 g/mol. The number of carboxylic acid groups (broad SMARTS) is 1. The Hall–Kier alpha value is -3.30. The van der Waals surface area contributed by atoms with Gasteiger partial charge in [-0.25, -0.2) is 13.8 Å². The third-order valence-electron chi connectivity index (χ3n) is 6.00. The van der Waals surface area contributed by atoms with Gasteiger partial charge < -0.3 is 15.4 Å². The molecule has 2 heterocycles. The number of nitrogens with two attached hydrogens (primary N) is 1. The molecule has 2 aromatic carbocycles. The lowest BCUT2D eigenvalue weighted by Gasteiger charge is -2.34. The lowest BCUT2D eigenvalue weighted by atomic mass is 9.98. The van der Waals surface area contributed by atoms with E-state index in [9.17, 15) is 18.8 Å². The average Bonchev–Trinajstić information content (AvgIpc) is 2.74. The molecule has 0 amide bonds. The molecule has 0 aliphatic carbocycles. The number of likely N-dealkylation sites (tertiary alicyclic amines) is 1. The summed E-state index contributed by atoms with van der Waals surface area (Å²) in [5.74, 6) is -1.10. The summed E-state index contributed by atoms with van der Waals surface area (Å²) in [5, 5.41) is 10.5. The van der Waals surface area contributed by atoms with Crippen LogP contribution in [0.4, 0.5) is 4.39 Å². The molecule has 3 N–H and O–H groups in total. The Morgan fingerprint density at radius 2 is 1.88 bits per heavy atom. The zero-order valence-electron chi connectivity index (χ0n) is 17.7. The molecule has 1 saturated heterocycles. The first-order valence-electron chi connectivity index (χ1n) is 10.4. The van der Waals surface area contributed by atoms with E-state index < -0.39 is 29.4 Å². The number of rotatable bonds is 7. The van der Waals surface area contributed by atoms with Crippen LogP contribution in [0.25, 0.3) is 16.5 Å². The number of carboxylic acids is 1. The minimum Gasteiger partial charge on any atom is -0.480 e. The van der Waals surface area contributed by atoms with Crippen LogP contribution in [-0.4, -0.2) is 57.0 Å². The predicted molar refractivity (Wildman–Crippen MR) is 119 cm³/mol. The third-order valence-corrected chi connectivity index (χ3v) is 6.00.